The molecule has 0 aliphatic carbocycles. The number of carbonyl (C=O) groups excluding carboxylic acids is 1. The Labute approximate surface area is 134 Å². The third-order valence-electron chi connectivity index (χ3n) is 4.38. The number of amidine groups is 1. The van der Waals surface area contributed by atoms with Crippen molar-refractivity contribution in [1.82, 2.24) is 5.32 Å². The van der Waals surface area contributed by atoms with Crippen molar-refractivity contribution in [3.63, 3.8) is 0 Å². The van der Waals surface area contributed by atoms with Crippen LogP contribution in [0.2, 0.25) is 0 Å². The van der Waals surface area contributed by atoms with E-state index >= 15 is 0 Å². The van der Waals surface area contributed by atoms with E-state index in [0.717, 1.165) is 25.7 Å². The van der Waals surface area contributed by atoms with E-state index < -0.39 is 0 Å². The molecule has 1 heterocycles. The zero-order valence-electron chi connectivity index (χ0n) is 14.5. The van der Waals surface area contributed by atoms with Gasteiger partial charge in [0.1, 0.15) is 5.84 Å². The van der Waals surface area contributed by atoms with Gasteiger partial charge >= 0.3 is 0 Å². The van der Waals surface area contributed by atoms with Gasteiger partial charge in [-0.25, -0.2) is 0 Å². The number of hydrogen-bond donors (Lipinski definition) is 3. The summed E-state index contributed by atoms with van der Waals surface area (Å²) < 4.78 is 0. The van der Waals surface area contributed by atoms with Crippen molar-refractivity contribution in [2.24, 2.45) is 23.2 Å². The molecule has 1 aliphatic rings. The minimum Gasteiger partial charge on any atom is -0.396 e. The molecule has 0 spiro atoms. The van der Waals surface area contributed by atoms with Crippen LogP contribution >= 0.6 is 0 Å². The number of nitrogens with one attached hydrogen (secondary N) is 2. The van der Waals surface area contributed by atoms with E-state index in [1.807, 2.05) is 6.08 Å². The first-order chi connectivity index (χ1) is 10.2. The van der Waals surface area contributed by atoms with Gasteiger partial charge in [-0.1, -0.05) is 40.2 Å². The first-order valence-electron chi connectivity index (χ1n) is 8.43. The van der Waals surface area contributed by atoms with Crippen LogP contribution in [0, 0.1) is 28.6 Å². The van der Waals surface area contributed by atoms with Crippen LogP contribution in [0.1, 0.15) is 59.8 Å². The van der Waals surface area contributed by atoms with Gasteiger partial charge in [-0.15, -0.1) is 0 Å². The van der Waals surface area contributed by atoms with Gasteiger partial charge < -0.3 is 10.4 Å². The van der Waals surface area contributed by atoms with Crippen molar-refractivity contribution in [1.29, 1.82) is 5.41 Å². The molecule has 3 N–H and O–H groups in total. The lowest BCUT2D eigenvalue weighted by Crippen LogP contribution is -2.37. The molecule has 0 radical (unpaired) electrons. The van der Waals surface area contributed by atoms with Gasteiger partial charge in [0.25, 0.3) is 0 Å². The summed E-state index contributed by atoms with van der Waals surface area (Å²) in [5.74, 6) is 0.795. The predicted molar refractivity (Wildman–Crippen MR) is 90.8 cm³/mol. The van der Waals surface area contributed by atoms with Crippen LogP contribution in [0.15, 0.2) is 12.2 Å². The first-order valence-corrected chi connectivity index (χ1v) is 8.43. The van der Waals surface area contributed by atoms with Gasteiger partial charge in [-0.2, -0.15) is 0 Å². The lowest BCUT2D eigenvalue weighted by Gasteiger charge is -2.28. The molecule has 0 bridgehead atoms. The van der Waals surface area contributed by atoms with Crippen LogP contribution in [0.25, 0.3) is 0 Å². The Morgan fingerprint density at radius 2 is 2.05 bits per heavy atom. The normalized spacial score (nSPS) is 21.6. The zero-order valence-corrected chi connectivity index (χ0v) is 14.5. The second-order valence-corrected chi connectivity index (χ2v) is 7.77. The highest BCUT2D eigenvalue weighted by molar-refractivity contribution is 6.06. The number of hydrogen-bond acceptors (Lipinski definition) is 3. The van der Waals surface area contributed by atoms with E-state index in [1.165, 1.54) is 6.42 Å². The number of aliphatic hydroxyl groups excluding tert-OH is 1. The molecule has 0 aromatic carbocycles. The number of carbonyl (C=O) groups is 1. The minimum atomic E-state index is -0.161. The monoisotopic (exact) mass is 308 g/mol. The molecule has 4 heteroatoms. The van der Waals surface area contributed by atoms with Crippen LogP contribution < -0.4 is 5.32 Å². The Kier molecular flexibility index (Phi) is 7.27. The topological polar surface area (TPSA) is 73.2 Å². The summed E-state index contributed by atoms with van der Waals surface area (Å²) in [6, 6.07) is 0. The van der Waals surface area contributed by atoms with Crippen molar-refractivity contribution in [3.05, 3.63) is 12.2 Å². The highest BCUT2D eigenvalue weighted by Gasteiger charge is 2.24. The van der Waals surface area contributed by atoms with Crippen LogP contribution in [0.5, 0.6) is 0 Å². The molecule has 4 nitrogen and oxygen atoms in total. The Morgan fingerprint density at radius 1 is 1.36 bits per heavy atom. The molecule has 0 aromatic rings. The van der Waals surface area contributed by atoms with E-state index in [4.69, 9.17) is 5.41 Å². The average molecular weight is 308 g/mol. The molecule has 22 heavy (non-hydrogen) atoms. The molecule has 3 unspecified atom stereocenters. The maximum atomic E-state index is 11.8. The molecule has 0 saturated heterocycles. The van der Waals surface area contributed by atoms with Gasteiger partial charge in [0.2, 0.25) is 5.91 Å². The fourth-order valence-corrected chi connectivity index (χ4v) is 3.22. The molecule has 1 amide bonds. The van der Waals surface area contributed by atoms with E-state index in [9.17, 15) is 9.90 Å². The van der Waals surface area contributed by atoms with Gasteiger partial charge in [-0.05, 0) is 49.0 Å². The lowest BCUT2D eigenvalue weighted by atomic mass is 9.78. The van der Waals surface area contributed by atoms with Crippen LogP contribution in [0.4, 0.5) is 0 Å². The van der Waals surface area contributed by atoms with Crippen LogP contribution in [-0.4, -0.2) is 23.5 Å². The maximum absolute atomic E-state index is 11.8. The van der Waals surface area contributed by atoms with Crippen LogP contribution in [-0.2, 0) is 4.79 Å². The zero-order chi connectivity index (χ0) is 16.8. The second-order valence-electron chi connectivity index (χ2n) is 7.77. The molecule has 0 fully saturated rings. The highest BCUT2D eigenvalue weighted by Crippen LogP contribution is 2.32. The summed E-state index contributed by atoms with van der Waals surface area (Å²) in [7, 11) is 0. The molecule has 1 rings (SSSR count). The smallest absolute Gasteiger partial charge is 0.232 e. The average Bonchev–Trinajstić information content (AvgIpc) is 2.42. The first kappa shape index (κ1) is 18.9. The standard InChI is InChI=1S/C18H32N2O2/c1-5-13(11-18(2,3)4)10-14(12-21)6-7-15-8-9-16(19)20-17(15)22/h8-9,13-15,21H,5-7,10-12H2,1-4H3,(H2,19,20,22). The van der Waals surface area contributed by atoms with E-state index in [-0.39, 0.29) is 30.2 Å². The molecular formula is C18H32N2O2. The summed E-state index contributed by atoms with van der Waals surface area (Å²) in [5, 5.41) is 19.6. The summed E-state index contributed by atoms with van der Waals surface area (Å²) >= 11 is 0. The summed E-state index contributed by atoms with van der Waals surface area (Å²) in [4.78, 5) is 11.8. The summed E-state index contributed by atoms with van der Waals surface area (Å²) in [6.07, 6.45) is 8.38. The SMILES string of the molecule is CCC(CC(CO)CCC1C=CC(=N)NC1=O)CC(C)(C)C. The fourth-order valence-electron chi connectivity index (χ4n) is 3.22. The Bertz CT molecular complexity index is 410. The second kappa shape index (κ2) is 8.47. The molecule has 0 aromatic heterocycles. The van der Waals surface area contributed by atoms with Gasteiger partial charge in [0.15, 0.2) is 0 Å². The maximum Gasteiger partial charge on any atom is 0.232 e. The lowest BCUT2D eigenvalue weighted by molar-refractivity contribution is -0.122. The molecular weight excluding hydrogens is 276 g/mol. The minimum absolute atomic E-state index is 0.0917. The highest BCUT2D eigenvalue weighted by atomic mass is 16.3. The van der Waals surface area contributed by atoms with Crippen molar-refractivity contribution < 1.29 is 9.90 Å². The van der Waals surface area contributed by atoms with Crippen molar-refractivity contribution in [2.45, 2.75) is 59.8 Å². The Hall–Kier alpha value is -1.16. The third kappa shape index (κ3) is 6.73. The Morgan fingerprint density at radius 3 is 2.55 bits per heavy atom. The number of amides is 1. The van der Waals surface area contributed by atoms with Gasteiger partial charge in [0, 0.05) is 6.61 Å². The van der Waals surface area contributed by atoms with E-state index in [2.05, 4.69) is 33.0 Å². The van der Waals surface area contributed by atoms with Gasteiger partial charge in [0.05, 0.1) is 5.92 Å². The molecule has 1 aliphatic heterocycles. The Balaban J connectivity index is 2.49. The van der Waals surface area contributed by atoms with Crippen molar-refractivity contribution >= 4 is 11.7 Å². The number of rotatable bonds is 8. The van der Waals surface area contributed by atoms with Crippen molar-refractivity contribution in [3.8, 4) is 0 Å². The fraction of sp³-hybridized carbons (Fsp3) is 0.778. The predicted octanol–water partition coefficient (Wildman–Crippen LogP) is 3.51. The number of aliphatic hydroxyl groups is 1. The van der Waals surface area contributed by atoms with Gasteiger partial charge in [-0.3, -0.25) is 10.2 Å². The molecule has 126 valence electrons. The van der Waals surface area contributed by atoms with Crippen molar-refractivity contribution in [2.75, 3.05) is 6.61 Å². The van der Waals surface area contributed by atoms with E-state index in [1.54, 1.807) is 6.08 Å². The van der Waals surface area contributed by atoms with E-state index in [0.29, 0.717) is 11.3 Å². The molecule has 0 saturated carbocycles. The molecule has 3 atom stereocenters. The quantitative estimate of drug-likeness (QED) is 0.642. The summed E-state index contributed by atoms with van der Waals surface area (Å²) in [6.45, 7) is 9.18. The van der Waals surface area contributed by atoms with Crippen LogP contribution in [0.3, 0.4) is 0 Å². The summed E-state index contributed by atoms with van der Waals surface area (Å²) in [5.41, 5.74) is 0.313. The third-order valence-corrected chi connectivity index (χ3v) is 4.38. The largest absolute Gasteiger partial charge is 0.396 e.